The normalized spacial score (nSPS) is 24.3. The van der Waals surface area contributed by atoms with E-state index in [4.69, 9.17) is 0 Å². The largest absolute Gasteiger partial charge is 0.391 e. The molecule has 0 saturated heterocycles. The van der Waals surface area contributed by atoms with E-state index in [1.807, 2.05) is 13.0 Å². The molecule has 1 heterocycles. The number of aliphatic hydroxyl groups excluding tert-OH is 1. The molecule has 0 spiro atoms. The van der Waals surface area contributed by atoms with E-state index >= 15 is 0 Å². The van der Waals surface area contributed by atoms with Crippen molar-refractivity contribution in [3.63, 3.8) is 0 Å². The van der Waals surface area contributed by atoms with Gasteiger partial charge in [0.25, 0.3) is 0 Å². The zero-order chi connectivity index (χ0) is 12.8. The molecule has 0 aliphatic heterocycles. The van der Waals surface area contributed by atoms with Gasteiger partial charge in [0.15, 0.2) is 0 Å². The Morgan fingerprint density at radius 3 is 2.83 bits per heavy atom. The molecule has 0 radical (unpaired) electrons. The van der Waals surface area contributed by atoms with Crippen molar-refractivity contribution in [1.29, 1.82) is 0 Å². The van der Waals surface area contributed by atoms with Crippen molar-refractivity contribution in [2.45, 2.75) is 51.2 Å². The fraction of sp³-hybridized carbons (Fsp3) is 0.692. The number of aliphatic hydroxyl groups is 1. The molecular formula is C13H22N4O. The van der Waals surface area contributed by atoms with Crippen LogP contribution in [0.15, 0.2) is 12.4 Å². The highest BCUT2D eigenvalue weighted by Gasteiger charge is 2.21. The molecule has 100 valence electrons. The van der Waals surface area contributed by atoms with Crippen molar-refractivity contribution in [1.82, 2.24) is 9.97 Å². The lowest BCUT2D eigenvalue weighted by molar-refractivity contribution is 0.144. The molecule has 1 saturated carbocycles. The third kappa shape index (κ3) is 3.57. The third-order valence-corrected chi connectivity index (χ3v) is 3.34. The van der Waals surface area contributed by atoms with E-state index < -0.39 is 0 Å². The van der Waals surface area contributed by atoms with E-state index in [1.54, 1.807) is 6.33 Å². The number of rotatable bonds is 4. The van der Waals surface area contributed by atoms with Gasteiger partial charge in [-0.25, -0.2) is 9.97 Å². The minimum Gasteiger partial charge on any atom is -0.391 e. The van der Waals surface area contributed by atoms with Crippen molar-refractivity contribution >= 4 is 11.6 Å². The minimum atomic E-state index is -0.273. The molecule has 2 atom stereocenters. The summed E-state index contributed by atoms with van der Waals surface area (Å²) in [5, 5.41) is 16.5. The van der Waals surface area contributed by atoms with E-state index in [2.05, 4.69) is 20.6 Å². The van der Waals surface area contributed by atoms with Crippen LogP contribution in [0.5, 0.6) is 0 Å². The van der Waals surface area contributed by atoms with Crippen molar-refractivity contribution in [2.75, 3.05) is 17.2 Å². The topological polar surface area (TPSA) is 70.1 Å². The number of anilines is 2. The fourth-order valence-electron chi connectivity index (χ4n) is 2.36. The predicted octanol–water partition coefficient (Wildman–Crippen LogP) is 2.01. The quantitative estimate of drug-likeness (QED) is 0.713. The van der Waals surface area contributed by atoms with Crippen LogP contribution in [0.25, 0.3) is 0 Å². The van der Waals surface area contributed by atoms with Gasteiger partial charge in [-0.1, -0.05) is 19.3 Å². The average Bonchev–Trinajstić information content (AvgIpc) is 2.56. The second-order valence-electron chi connectivity index (χ2n) is 4.78. The zero-order valence-corrected chi connectivity index (χ0v) is 10.9. The molecule has 1 fully saturated rings. The van der Waals surface area contributed by atoms with Gasteiger partial charge in [0.2, 0.25) is 0 Å². The zero-order valence-electron chi connectivity index (χ0n) is 10.9. The maximum Gasteiger partial charge on any atom is 0.131 e. The lowest BCUT2D eigenvalue weighted by Gasteiger charge is -2.22. The second-order valence-corrected chi connectivity index (χ2v) is 4.78. The lowest BCUT2D eigenvalue weighted by Crippen LogP contribution is -2.32. The Bertz CT molecular complexity index is 372. The molecule has 0 amide bonds. The van der Waals surface area contributed by atoms with Crippen molar-refractivity contribution < 1.29 is 5.11 Å². The summed E-state index contributed by atoms with van der Waals surface area (Å²) in [7, 11) is 0. The summed E-state index contributed by atoms with van der Waals surface area (Å²) < 4.78 is 0. The molecule has 0 aromatic carbocycles. The molecule has 2 rings (SSSR count). The number of hydrogen-bond acceptors (Lipinski definition) is 5. The van der Waals surface area contributed by atoms with Gasteiger partial charge >= 0.3 is 0 Å². The molecular weight excluding hydrogens is 228 g/mol. The van der Waals surface area contributed by atoms with Crippen LogP contribution in [0.2, 0.25) is 0 Å². The highest BCUT2D eigenvalue weighted by molar-refractivity contribution is 5.47. The van der Waals surface area contributed by atoms with Gasteiger partial charge in [0, 0.05) is 12.6 Å². The number of nitrogens with one attached hydrogen (secondary N) is 2. The average molecular weight is 250 g/mol. The summed E-state index contributed by atoms with van der Waals surface area (Å²) in [5.41, 5.74) is 0. The van der Waals surface area contributed by atoms with Gasteiger partial charge in [-0.3, -0.25) is 0 Å². The molecule has 0 bridgehead atoms. The van der Waals surface area contributed by atoms with E-state index in [-0.39, 0.29) is 12.1 Å². The van der Waals surface area contributed by atoms with Crippen LogP contribution < -0.4 is 10.6 Å². The van der Waals surface area contributed by atoms with E-state index in [0.717, 1.165) is 37.4 Å². The third-order valence-electron chi connectivity index (χ3n) is 3.34. The highest BCUT2D eigenvalue weighted by Crippen LogP contribution is 2.21. The van der Waals surface area contributed by atoms with Crippen molar-refractivity contribution in [3.8, 4) is 0 Å². The van der Waals surface area contributed by atoms with Gasteiger partial charge in [-0.15, -0.1) is 0 Å². The van der Waals surface area contributed by atoms with Gasteiger partial charge in [0.1, 0.15) is 18.0 Å². The summed E-state index contributed by atoms with van der Waals surface area (Å²) in [4.78, 5) is 8.34. The summed E-state index contributed by atoms with van der Waals surface area (Å²) in [6.45, 7) is 2.87. The molecule has 5 nitrogen and oxygen atoms in total. The number of aromatic nitrogens is 2. The highest BCUT2D eigenvalue weighted by atomic mass is 16.3. The Morgan fingerprint density at radius 1 is 1.22 bits per heavy atom. The van der Waals surface area contributed by atoms with E-state index in [0.29, 0.717) is 0 Å². The molecule has 3 N–H and O–H groups in total. The van der Waals surface area contributed by atoms with Gasteiger partial charge in [-0.2, -0.15) is 0 Å². The van der Waals surface area contributed by atoms with Crippen LogP contribution in [0.1, 0.15) is 39.0 Å². The summed E-state index contributed by atoms with van der Waals surface area (Å²) in [6.07, 6.45) is 6.64. The van der Waals surface area contributed by atoms with E-state index in [1.165, 1.54) is 12.8 Å². The van der Waals surface area contributed by atoms with Crippen LogP contribution in [-0.2, 0) is 0 Å². The lowest BCUT2D eigenvalue weighted by atomic mass is 10.1. The molecule has 1 aromatic heterocycles. The maximum absolute atomic E-state index is 10.1. The van der Waals surface area contributed by atoms with Crippen molar-refractivity contribution in [3.05, 3.63) is 12.4 Å². The molecule has 18 heavy (non-hydrogen) atoms. The van der Waals surface area contributed by atoms with Crippen LogP contribution in [0.3, 0.4) is 0 Å². The first kappa shape index (κ1) is 13.1. The second kappa shape index (κ2) is 6.54. The fourth-order valence-corrected chi connectivity index (χ4v) is 2.36. The minimum absolute atomic E-state index is 0.108. The molecule has 1 aromatic rings. The van der Waals surface area contributed by atoms with Crippen LogP contribution in [-0.4, -0.2) is 33.8 Å². The first-order chi connectivity index (χ1) is 8.79. The summed E-state index contributed by atoms with van der Waals surface area (Å²) >= 11 is 0. The van der Waals surface area contributed by atoms with Gasteiger partial charge in [0.05, 0.1) is 12.1 Å². The van der Waals surface area contributed by atoms with E-state index in [9.17, 15) is 5.11 Å². The molecule has 1 aliphatic rings. The van der Waals surface area contributed by atoms with Crippen LogP contribution in [0.4, 0.5) is 11.6 Å². The standard InChI is InChI=1S/C13H22N4O/c1-2-14-12-8-13(16-9-15-12)17-10-6-4-3-5-7-11(10)18/h8-11,18H,2-7H2,1H3,(H2,14,15,16,17). The first-order valence-corrected chi connectivity index (χ1v) is 6.80. The monoisotopic (exact) mass is 250 g/mol. The summed E-state index contributed by atoms with van der Waals surface area (Å²) in [5.74, 6) is 1.60. The predicted molar refractivity (Wildman–Crippen MR) is 72.7 cm³/mol. The van der Waals surface area contributed by atoms with Crippen LogP contribution >= 0.6 is 0 Å². The van der Waals surface area contributed by atoms with Crippen molar-refractivity contribution in [2.24, 2.45) is 0 Å². The Morgan fingerprint density at radius 2 is 2.00 bits per heavy atom. The SMILES string of the molecule is CCNc1cc(NC2CCCCCC2O)ncn1. The number of nitrogens with zero attached hydrogens (tertiary/aromatic N) is 2. The summed E-state index contributed by atoms with van der Waals surface area (Å²) in [6, 6.07) is 2.00. The molecule has 5 heteroatoms. The van der Waals surface area contributed by atoms with Gasteiger partial charge in [-0.05, 0) is 19.8 Å². The Labute approximate surface area is 108 Å². The Kier molecular flexibility index (Phi) is 4.75. The first-order valence-electron chi connectivity index (χ1n) is 6.80. The maximum atomic E-state index is 10.1. The Hall–Kier alpha value is -1.36. The van der Waals surface area contributed by atoms with Gasteiger partial charge < -0.3 is 15.7 Å². The van der Waals surface area contributed by atoms with Crippen LogP contribution in [0, 0.1) is 0 Å². The number of hydrogen-bond donors (Lipinski definition) is 3. The smallest absolute Gasteiger partial charge is 0.131 e. The molecule has 2 unspecified atom stereocenters. The Balaban J connectivity index is 2.00. The molecule has 1 aliphatic carbocycles.